The molecule has 0 aliphatic heterocycles. The molecule has 7 N–H and O–H groups in total. The molecule has 0 saturated carbocycles. The highest BCUT2D eigenvalue weighted by atomic mass is 16.3. The van der Waals surface area contributed by atoms with Crippen molar-refractivity contribution in [3.63, 3.8) is 0 Å². The normalized spacial score (nSPS) is 16.3. The Morgan fingerprint density at radius 2 is 2.00 bits per heavy atom. The maximum atomic E-state index is 8.91. The first-order valence-corrected chi connectivity index (χ1v) is 3.21. The maximum Gasteiger partial charge on any atom is 0.0921 e. The van der Waals surface area contributed by atoms with Crippen molar-refractivity contribution in [1.29, 1.82) is 0 Å². The van der Waals surface area contributed by atoms with Crippen molar-refractivity contribution in [2.24, 2.45) is 17.2 Å². The fraction of sp³-hybridized carbons (Fsp3) is 0.667. The molecule has 1 unspecified atom stereocenters. The lowest BCUT2D eigenvalue weighted by molar-refractivity contribution is 0.228. The van der Waals surface area contributed by atoms with Gasteiger partial charge >= 0.3 is 0 Å². The summed E-state index contributed by atoms with van der Waals surface area (Å²) in [6.07, 6.45) is -0.136. The lowest BCUT2D eigenvalue weighted by Crippen LogP contribution is -2.21. The van der Waals surface area contributed by atoms with Gasteiger partial charge in [-0.2, -0.15) is 0 Å². The quantitative estimate of drug-likeness (QED) is 0.403. The summed E-state index contributed by atoms with van der Waals surface area (Å²) in [5.41, 5.74) is 16.9. The second kappa shape index (κ2) is 4.14. The Labute approximate surface area is 60.7 Å². The number of aliphatic hydroxyl groups is 1. The van der Waals surface area contributed by atoms with Crippen LogP contribution in [-0.4, -0.2) is 17.8 Å². The molecule has 0 aromatic rings. The highest BCUT2D eigenvalue weighted by molar-refractivity contribution is 5.10. The first-order valence-electron chi connectivity index (χ1n) is 3.21. The van der Waals surface area contributed by atoms with Crippen LogP contribution in [0.3, 0.4) is 0 Å². The summed E-state index contributed by atoms with van der Waals surface area (Å²) in [7, 11) is 0. The molecule has 4 nitrogen and oxygen atoms in total. The van der Waals surface area contributed by atoms with E-state index in [1.165, 1.54) is 0 Å². The monoisotopic (exact) mass is 145 g/mol. The number of hydrogen-bond acceptors (Lipinski definition) is 4. The van der Waals surface area contributed by atoms with Crippen molar-refractivity contribution < 1.29 is 5.11 Å². The van der Waals surface area contributed by atoms with Crippen LogP contribution >= 0.6 is 0 Å². The molecule has 0 aliphatic carbocycles. The summed E-state index contributed by atoms with van der Waals surface area (Å²) in [5.74, 6) is 0. The van der Waals surface area contributed by atoms with E-state index in [9.17, 15) is 0 Å². The molecule has 0 aliphatic rings. The van der Waals surface area contributed by atoms with Gasteiger partial charge < -0.3 is 22.3 Å². The third kappa shape index (κ3) is 2.70. The molecule has 0 radical (unpaired) electrons. The van der Waals surface area contributed by atoms with Gasteiger partial charge in [0.1, 0.15) is 0 Å². The van der Waals surface area contributed by atoms with Gasteiger partial charge in [-0.15, -0.1) is 0 Å². The van der Waals surface area contributed by atoms with Gasteiger partial charge in [0, 0.05) is 12.1 Å². The Balaban J connectivity index is 4.05. The third-order valence-electron chi connectivity index (χ3n) is 1.23. The number of rotatable bonds is 3. The van der Waals surface area contributed by atoms with Crippen molar-refractivity contribution in [3.05, 3.63) is 11.4 Å². The van der Waals surface area contributed by atoms with Gasteiger partial charge in [-0.3, -0.25) is 0 Å². The van der Waals surface area contributed by atoms with Gasteiger partial charge in [-0.1, -0.05) is 0 Å². The molecule has 0 bridgehead atoms. The molecule has 1 atom stereocenters. The third-order valence-corrected chi connectivity index (χ3v) is 1.23. The van der Waals surface area contributed by atoms with Gasteiger partial charge in [0.25, 0.3) is 0 Å². The summed E-state index contributed by atoms with van der Waals surface area (Å²) in [4.78, 5) is 0. The van der Waals surface area contributed by atoms with E-state index in [1.807, 2.05) is 0 Å². The number of aliphatic hydroxyl groups excluding tert-OH is 1. The largest absolute Gasteiger partial charge is 0.401 e. The first-order chi connectivity index (χ1) is 4.59. The lowest BCUT2D eigenvalue weighted by atomic mass is 10.2. The molecule has 0 heterocycles. The Hall–Kier alpha value is -0.740. The van der Waals surface area contributed by atoms with E-state index >= 15 is 0 Å². The Morgan fingerprint density at radius 3 is 2.30 bits per heavy atom. The van der Waals surface area contributed by atoms with Crippen LogP contribution in [0, 0.1) is 0 Å². The molecule has 0 aromatic carbocycles. The van der Waals surface area contributed by atoms with Crippen LogP contribution in [0.1, 0.15) is 13.3 Å². The minimum atomic E-state index is -0.674. The molecular formula is C6H15N3O. The highest BCUT2D eigenvalue weighted by Gasteiger charge is 2.03. The zero-order valence-corrected chi connectivity index (χ0v) is 6.17. The maximum absolute atomic E-state index is 8.91. The minimum absolute atomic E-state index is 0.324. The molecule has 0 rings (SSSR count). The summed E-state index contributed by atoms with van der Waals surface area (Å²) in [6.45, 7) is 2.03. The highest BCUT2D eigenvalue weighted by Crippen LogP contribution is 1.99. The molecular weight excluding hydrogens is 130 g/mol. The van der Waals surface area contributed by atoms with Crippen LogP contribution in [0.5, 0.6) is 0 Å². The molecule has 0 aromatic heterocycles. The van der Waals surface area contributed by atoms with E-state index in [4.69, 9.17) is 22.3 Å². The molecule has 0 spiro atoms. The van der Waals surface area contributed by atoms with Gasteiger partial charge in [0.05, 0.1) is 11.8 Å². The summed E-state index contributed by atoms with van der Waals surface area (Å²) in [5, 5.41) is 8.91. The summed E-state index contributed by atoms with van der Waals surface area (Å²) >= 11 is 0. The van der Waals surface area contributed by atoms with Crippen LogP contribution in [0.25, 0.3) is 0 Å². The average Bonchev–Trinajstić information content (AvgIpc) is 1.87. The van der Waals surface area contributed by atoms with E-state index in [0.29, 0.717) is 24.4 Å². The van der Waals surface area contributed by atoms with Gasteiger partial charge in [-0.25, -0.2) is 0 Å². The van der Waals surface area contributed by atoms with Crippen molar-refractivity contribution in [2.45, 2.75) is 19.4 Å². The van der Waals surface area contributed by atoms with Crippen LogP contribution in [0.15, 0.2) is 11.4 Å². The first kappa shape index (κ1) is 9.26. The SMILES string of the molecule is CC(O)C(N)=C(N)CCN. The van der Waals surface area contributed by atoms with Gasteiger partial charge in [-0.05, 0) is 13.5 Å². The molecule has 0 fully saturated rings. The van der Waals surface area contributed by atoms with E-state index in [2.05, 4.69) is 0 Å². The molecule has 4 heteroatoms. The molecule has 0 amide bonds. The second-order valence-electron chi connectivity index (χ2n) is 2.20. The lowest BCUT2D eigenvalue weighted by Gasteiger charge is -2.08. The topological polar surface area (TPSA) is 98.3 Å². The van der Waals surface area contributed by atoms with Crippen molar-refractivity contribution in [2.75, 3.05) is 6.54 Å². The van der Waals surface area contributed by atoms with Gasteiger partial charge in [0.15, 0.2) is 0 Å². The standard InChI is InChI=1S/C6H15N3O/c1-4(10)6(9)5(8)2-3-7/h4,10H,2-3,7-9H2,1H3. The summed E-state index contributed by atoms with van der Waals surface area (Å²) < 4.78 is 0. The minimum Gasteiger partial charge on any atom is -0.401 e. The van der Waals surface area contributed by atoms with E-state index < -0.39 is 6.10 Å². The number of hydrogen-bond donors (Lipinski definition) is 4. The fourth-order valence-electron chi connectivity index (χ4n) is 0.568. The van der Waals surface area contributed by atoms with E-state index in [-0.39, 0.29) is 0 Å². The van der Waals surface area contributed by atoms with Crippen molar-refractivity contribution >= 4 is 0 Å². The average molecular weight is 145 g/mol. The Morgan fingerprint density at radius 1 is 1.50 bits per heavy atom. The van der Waals surface area contributed by atoms with E-state index in [0.717, 1.165) is 0 Å². The predicted octanol–water partition coefficient (Wildman–Crippen LogP) is -1.15. The van der Waals surface area contributed by atoms with Crippen molar-refractivity contribution in [3.8, 4) is 0 Å². The Bertz CT molecular complexity index is 131. The van der Waals surface area contributed by atoms with Crippen LogP contribution < -0.4 is 17.2 Å². The zero-order chi connectivity index (χ0) is 8.15. The van der Waals surface area contributed by atoms with Gasteiger partial charge in [0.2, 0.25) is 0 Å². The molecule has 10 heavy (non-hydrogen) atoms. The number of nitrogens with two attached hydrogens (primary N) is 3. The Kier molecular flexibility index (Phi) is 3.83. The van der Waals surface area contributed by atoms with Crippen LogP contribution in [0.2, 0.25) is 0 Å². The smallest absolute Gasteiger partial charge is 0.0921 e. The van der Waals surface area contributed by atoms with E-state index in [1.54, 1.807) is 6.92 Å². The fourth-order valence-corrected chi connectivity index (χ4v) is 0.568. The summed E-state index contributed by atoms with van der Waals surface area (Å²) in [6, 6.07) is 0. The van der Waals surface area contributed by atoms with Crippen LogP contribution in [0.4, 0.5) is 0 Å². The molecule has 60 valence electrons. The predicted molar refractivity (Wildman–Crippen MR) is 40.8 cm³/mol. The zero-order valence-electron chi connectivity index (χ0n) is 6.17. The van der Waals surface area contributed by atoms with Crippen molar-refractivity contribution in [1.82, 2.24) is 0 Å². The molecule has 0 saturated heterocycles. The van der Waals surface area contributed by atoms with Crippen LogP contribution in [-0.2, 0) is 0 Å². The second-order valence-corrected chi connectivity index (χ2v) is 2.20.